The second kappa shape index (κ2) is 6.30. The molecule has 0 saturated carbocycles. The fourth-order valence-electron chi connectivity index (χ4n) is 3.01. The summed E-state index contributed by atoms with van der Waals surface area (Å²) in [6.07, 6.45) is 5.01. The van der Waals surface area contributed by atoms with E-state index in [1.807, 2.05) is 32.2 Å². The summed E-state index contributed by atoms with van der Waals surface area (Å²) in [4.78, 5) is 8.21. The number of likely N-dealkylation sites (tertiary alicyclic amines) is 1. The van der Waals surface area contributed by atoms with Crippen LogP contribution in [0.4, 0.5) is 0 Å². The largest absolute Gasteiger partial charge is 0.459 e. The molecular formula is C16H22N2O2S. The summed E-state index contributed by atoms with van der Waals surface area (Å²) in [6, 6.07) is 4.45. The minimum atomic E-state index is -0.223. The molecule has 0 amide bonds. The fraction of sp³-hybridized carbons (Fsp3) is 0.562. The molecule has 2 aromatic rings. The first-order chi connectivity index (χ1) is 10.1. The second-order valence-electron chi connectivity index (χ2n) is 5.89. The molecule has 0 radical (unpaired) electrons. The van der Waals surface area contributed by atoms with Crippen molar-refractivity contribution in [2.24, 2.45) is 0 Å². The summed E-state index contributed by atoms with van der Waals surface area (Å²) in [5, 5.41) is 10.6. The number of rotatable bonds is 5. The van der Waals surface area contributed by atoms with Gasteiger partial charge in [0.25, 0.3) is 0 Å². The normalized spacial score (nSPS) is 21.0. The lowest BCUT2D eigenvalue weighted by molar-refractivity contribution is 0.131. The van der Waals surface area contributed by atoms with Crippen LogP contribution in [-0.2, 0) is 6.54 Å². The molecular weight excluding hydrogens is 284 g/mol. The van der Waals surface area contributed by atoms with Crippen LogP contribution in [0.1, 0.15) is 36.8 Å². The van der Waals surface area contributed by atoms with Crippen LogP contribution >= 0.6 is 11.3 Å². The second-order valence-corrected chi connectivity index (χ2v) is 7.01. The first-order valence-corrected chi connectivity index (χ1v) is 8.37. The third-order valence-electron chi connectivity index (χ3n) is 3.98. The van der Waals surface area contributed by atoms with Gasteiger partial charge >= 0.3 is 0 Å². The molecule has 1 saturated heterocycles. The molecule has 2 aromatic heterocycles. The van der Waals surface area contributed by atoms with Crippen molar-refractivity contribution < 1.29 is 9.52 Å². The zero-order chi connectivity index (χ0) is 14.8. The standard InChI is InChI=1S/C16H22N2O2S/c1-11(19)8-13-4-3-7-18(13)10-14-9-17-16(21-14)15-6-5-12(2)20-15/h5-6,9,11,13,19H,3-4,7-8,10H2,1-2H3. The zero-order valence-corrected chi connectivity index (χ0v) is 13.4. The van der Waals surface area contributed by atoms with Crippen molar-refractivity contribution in [2.45, 2.75) is 51.8 Å². The van der Waals surface area contributed by atoms with Gasteiger partial charge in [-0.3, -0.25) is 4.90 Å². The Balaban J connectivity index is 1.66. The van der Waals surface area contributed by atoms with Crippen LogP contribution in [0.15, 0.2) is 22.7 Å². The maximum Gasteiger partial charge on any atom is 0.162 e. The first-order valence-electron chi connectivity index (χ1n) is 7.55. The van der Waals surface area contributed by atoms with Crippen molar-refractivity contribution in [1.29, 1.82) is 0 Å². The Kier molecular flexibility index (Phi) is 4.42. The van der Waals surface area contributed by atoms with Gasteiger partial charge in [0.1, 0.15) is 5.76 Å². The summed E-state index contributed by atoms with van der Waals surface area (Å²) in [5.74, 6) is 1.77. The van der Waals surface area contributed by atoms with E-state index in [9.17, 15) is 5.11 Å². The minimum absolute atomic E-state index is 0.223. The van der Waals surface area contributed by atoms with Crippen molar-refractivity contribution in [2.75, 3.05) is 6.54 Å². The van der Waals surface area contributed by atoms with Crippen LogP contribution in [0.3, 0.4) is 0 Å². The van der Waals surface area contributed by atoms with Crippen LogP contribution in [0.5, 0.6) is 0 Å². The van der Waals surface area contributed by atoms with Crippen LogP contribution in [0.2, 0.25) is 0 Å². The summed E-state index contributed by atoms with van der Waals surface area (Å²) >= 11 is 1.70. The van der Waals surface area contributed by atoms with E-state index in [-0.39, 0.29) is 6.10 Å². The SMILES string of the molecule is Cc1ccc(-c2ncc(CN3CCCC3CC(C)O)s2)o1. The van der Waals surface area contributed by atoms with Gasteiger partial charge < -0.3 is 9.52 Å². The smallest absolute Gasteiger partial charge is 0.162 e. The number of aliphatic hydroxyl groups is 1. The van der Waals surface area contributed by atoms with Crippen molar-refractivity contribution in [3.05, 3.63) is 29.0 Å². The van der Waals surface area contributed by atoms with Gasteiger partial charge in [-0.1, -0.05) is 0 Å². The average molecular weight is 306 g/mol. The molecule has 2 unspecified atom stereocenters. The Morgan fingerprint density at radius 1 is 1.52 bits per heavy atom. The van der Waals surface area contributed by atoms with Gasteiger partial charge in [0, 0.05) is 23.7 Å². The molecule has 1 N–H and O–H groups in total. The third kappa shape index (κ3) is 3.54. The van der Waals surface area contributed by atoms with E-state index < -0.39 is 0 Å². The number of nitrogens with zero attached hydrogens (tertiary/aromatic N) is 2. The number of aryl methyl sites for hydroxylation is 1. The molecule has 0 aromatic carbocycles. The molecule has 21 heavy (non-hydrogen) atoms. The lowest BCUT2D eigenvalue weighted by Crippen LogP contribution is -2.31. The lowest BCUT2D eigenvalue weighted by atomic mass is 10.1. The average Bonchev–Trinajstić information content (AvgIpc) is 3.12. The van der Waals surface area contributed by atoms with Gasteiger partial charge in [-0.05, 0) is 51.8 Å². The highest BCUT2D eigenvalue weighted by Gasteiger charge is 2.26. The molecule has 0 bridgehead atoms. The van der Waals surface area contributed by atoms with Crippen LogP contribution in [0.25, 0.3) is 10.8 Å². The van der Waals surface area contributed by atoms with E-state index in [0.717, 1.165) is 36.0 Å². The molecule has 2 atom stereocenters. The van der Waals surface area contributed by atoms with E-state index in [0.29, 0.717) is 6.04 Å². The number of aromatic nitrogens is 1. The van der Waals surface area contributed by atoms with Crippen molar-refractivity contribution in [3.8, 4) is 10.8 Å². The first kappa shape index (κ1) is 14.8. The molecule has 0 aliphatic carbocycles. The van der Waals surface area contributed by atoms with Gasteiger partial charge in [0.05, 0.1) is 6.10 Å². The Morgan fingerprint density at radius 2 is 2.38 bits per heavy atom. The van der Waals surface area contributed by atoms with E-state index in [1.54, 1.807) is 11.3 Å². The maximum absolute atomic E-state index is 9.60. The third-order valence-corrected chi connectivity index (χ3v) is 4.97. The molecule has 114 valence electrons. The van der Waals surface area contributed by atoms with Gasteiger partial charge in [0.2, 0.25) is 0 Å². The van der Waals surface area contributed by atoms with Crippen LogP contribution in [-0.4, -0.2) is 33.7 Å². The van der Waals surface area contributed by atoms with Crippen molar-refractivity contribution >= 4 is 11.3 Å². The Labute approximate surface area is 129 Å². The molecule has 3 heterocycles. The summed E-state index contributed by atoms with van der Waals surface area (Å²) in [5.41, 5.74) is 0. The number of furan rings is 1. The number of hydrogen-bond donors (Lipinski definition) is 1. The summed E-state index contributed by atoms with van der Waals surface area (Å²) in [6.45, 7) is 5.86. The van der Waals surface area contributed by atoms with Crippen molar-refractivity contribution in [3.63, 3.8) is 0 Å². The zero-order valence-electron chi connectivity index (χ0n) is 12.6. The summed E-state index contributed by atoms with van der Waals surface area (Å²) in [7, 11) is 0. The molecule has 4 nitrogen and oxygen atoms in total. The van der Waals surface area contributed by atoms with Crippen LogP contribution < -0.4 is 0 Å². The number of thiazole rings is 1. The molecule has 3 rings (SSSR count). The molecule has 1 fully saturated rings. The highest BCUT2D eigenvalue weighted by molar-refractivity contribution is 7.14. The van der Waals surface area contributed by atoms with Gasteiger partial charge in [-0.2, -0.15) is 0 Å². The van der Waals surface area contributed by atoms with Gasteiger partial charge in [-0.25, -0.2) is 4.98 Å². The molecule has 1 aliphatic rings. The van der Waals surface area contributed by atoms with Gasteiger partial charge in [0.15, 0.2) is 10.8 Å². The topological polar surface area (TPSA) is 49.5 Å². The van der Waals surface area contributed by atoms with E-state index in [4.69, 9.17) is 4.42 Å². The number of hydrogen-bond acceptors (Lipinski definition) is 5. The fourth-order valence-corrected chi connectivity index (χ4v) is 3.91. The quantitative estimate of drug-likeness (QED) is 0.919. The monoisotopic (exact) mass is 306 g/mol. The molecule has 0 spiro atoms. The molecule has 1 aliphatic heterocycles. The Morgan fingerprint density at radius 3 is 3.10 bits per heavy atom. The predicted octanol–water partition coefficient (Wildman–Crippen LogP) is 3.45. The van der Waals surface area contributed by atoms with E-state index in [2.05, 4.69) is 9.88 Å². The van der Waals surface area contributed by atoms with E-state index in [1.165, 1.54) is 17.7 Å². The Hall–Kier alpha value is -1.17. The molecule has 5 heteroatoms. The highest BCUT2D eigenvalue weighted by Crippen LogP contribution is 2.30. The Bertz CT molecular complexity index is 591. The van der Waals surface area contributed by atoms with E-state index >= 15 is 0 Å². The maximum atomic E-state index is 9.60. The van der Waals surface area contributed by atoms with Crippen molar-refractivity contribution in [1.82, 2.24) is 9.88 Å². The predicted molar refractivity (Wildman–Crippen MR) is 84.3 cm³/mol. The highest BCUT2D eigenvalue weighted by atomic mass is 32.1. The lowest BCUT2D eigenvalue weighted by Gasteiger charge is -2.24. The number of aliphatic hydroxyl groups excluding tert-OH is 1. The van der Waals surface area contributed by atoms with Gasteiger partial charge in [-0.15, -0.1) is 11.3 Å². The van der Waals surface area contributed by atoms with Crippen LogP contribution in [0, 0.1) is 6.92 Å². The summed E-state index contributed by atoms with van der Waals surface area (Å²) < 4.78 is 5.63. The minimum Gasteiger partial charge on any atom is -0.459 e.